The van der Waals surface area contributed by atoms with E-state index in [1.807, 2.05) is 0 Å². The predicted molar refractivity (Wildman–Crippen MR) is 98.3 cm³/mol. The van der Waals surface area contributed by atoms with E-state index in [1.165, 1.54) is 34.7 Å². The average Bonchev–Trinajstić information content (AvgIpc) is 3.26. The molecule has 1 N–H and O–H groups in total. The Morgan fingerprint density at radius 3 is 2.74 bits per heavy atom. The lowest BCUT2D eigenvalue weighted by Crippen LogP contribution is -2.33. The summed E-state index contributed by atoms with van der Waals surface area (Å²) in [5.41, 5.74) is 1.43. The molecule has 2 heterocycles. The molecule has 1 aliphatic heterocycles. The first-order chi connectivity index (χ1) is 11.2. The number of fused-ring (bicyclic) bond motifs is 6. The number of thiazole rings is 1. The third-order valence-electron chi connectivity index (χ3n) is 5.94. The average molecular weight is 362 g/mol. The van der Waals surface area contributed by atoms with Gasteiger partial charge in [-0.1, -0.05) is 12.1 Å². The predicted octanol–water partition coefficient (Wildman–Crippen LogP) is 5.47. The molecule has 1 aromatic carbocycles. The molecule has 2 saturated carbocycles. The van der Waals surface area contributed by atoms with Crippen LogP contribution in [0, 0.1) is 21.7 Å². The van der Waals surface area contributed by atoms with E-state index in [2.05, 4.69) is 41.0 Å². The van der Waals surface area contributed by atoms with Gasteiger partial charge in [0.15, 0.2) is 3.95 Å². The number of nitrogens with one attached hydrogen (secondary N) is 1. The first-order valence-electron chi connectivity index (χ1n) is 8.28. The summed E-state index contributed by atoms with van der Waals surface area (Å²) in [6.07, 6.45) is 4.28. The number of hydrogen-bond acceptors (Lipinski definition) is 4. The summed E-state index contributed by atoms with van der Waals surface area (Å²) in [5.74, 6) is 4.03. The normalized spacial score (nSPS) is 34.2. The highest BCUT2D eigenvalue weighted by molar-refractivity contribution is 8.00. The molecule has 5 rings (SSSR count). The Morgan fingerprint density at radius 2 is 1.96 bits per heavy atom. The molecular weight excluding hydrogens is 342 g/mol. The van der Waals surface area contributed by atoms with E-state index in [0.29, 0.717) is 5.92 Å². The molecule has 5 heteroatoms. The van der Waals surface area contributed by atoms with E-state index in [4.69, 9.17) is 17.0 Å². The van der Waals surface area contributed by atoms with Crippen molar-refractivity contribution in [3.8, 4) is 5.75 Å². The Bertz CT molecular complexity index is 793. The smallest absolute Gasteiger partial charge is 0.159 e. The van der Waals surface area contributed by atoms with Crippen LogP contribution in [0.4, 0.5) is 0 Å². The molecule has 0 amide bonds. The third-order valence-corrected chi connectivity index (χ3v) is 8.92. The van der Waals surface area contributed by atoms with Crippen LogP contribution < -0.4 is 4.74 Å². The van der Waals surface area contributed by atoms with E-state index in [-0.39, 0.29) is 0 Å². The number of rotatable bonds is 2. The number of ether oxygens (including phenoxy) is 1. The molecule has 3 aliphatic rings. The van der Waals surface area contributed by atoms with E-state index in [0.717, 1.165) is 32.7 Å². The summed E-state index contributed by atoms with van der Waals surface area (Å²) in [4.78, 5) is 4.93. The Balaban J connectivity index is 1.64. The molecule has 2 aliphatic carbocycles. The van der Waals surface area contributed by atoms with E-state index >= 15 is 0 Å². The van der Waals surface area contributed by atoms with Crippen molar-refractivity contribution in [3.05, 3.63) is 38.7 Å². The molecule has 2 aromatic rings. The van der Waals surface area contributed by atoms with Crippen molar-refractivity contribution in [1.82, 2.24) is 4.98 Å². The van der Waals surface area contributed by atoms with Crippen LogP contribution in [-0.4, -0.2) is 17.3 Å². The van der Waals surface area contributed by atoms with Gasteiger partial charge in [0.05, 0.1) is 12.1 Å². The number of benzene rings is 1. The molecule has 0 unspecified atom stereocenters. The molecule has 1 aromatic heterocycles. The number of aromatic nitrogens is 1. The Morgan fingerprint density at radius 1 is 1.17 bits per heavy atom. The molecule has 0 spiro atoms. The van der Waals surface area contributed by atoms with E-state index < -0.39 is 0 Å². The van der Waals surface area contributed by atoms with Crippen molar-refractivity contribution in [1.29, 1.82) is 0 Å². The zero-order chi connectivity index (χ0) is 15.6. The van der Waals surface area contributed by atoms with Crippen LogP contribution in [0.1, 0.15) is 35.6 Å². The van der Waals surface area contributed by atoms with E-state index in [9.17, 15) is 0 Å². The summed E-state index contributed by atoms with van der Waals surface area (Å²) >= 11 is 9.33. The number of methoxy groups -OCH3 is 1. The maximum absolute atomic E-state index is 5.46. The van der Waals surface area contributed by atoms with Gasteiger partial charge in [-0.25, -0.2) is 0 Å². The standard InChI is InChI=1S/C18H19NOS3/c1-20-12-6-4-9(5-7-12)13-14-10-2-3-11(8-10)15(14)22-17-16(13)23-18(21)19-17/h4-7,10-11,13-15H,2-3,8H2,1H3,(H,19,21)/t10-,11-,13-,14+,15-/m0/s1. The van der Waals surface area contributed by atoms with Gasteiger partial charge in [0.1, 0.15) is 5.75 Å². The number of hydrogen-bond donors (Lipinski definition) is 1. The van der Waals surface area contributed by atoms with Crippen LogP contribution >= 0.6 is 35.3 Å². The summed E-state index contributed by atoms with van der Waals surface area (Å²) in [6.45, 7) is 0. The Kier molecular flexibility index (Phi) is 3.39. The van der Waals surface area contributed by atoms with Gasteiger partial charge in [-0.15, -0.1) is 23.1 Å². The van der Waals surface area contributed by atoms with Gasteiger partial charge in [0.25, 0.3) is 0 Å². The molecule has 0 saturated heterocycles. The van der Waals surface area contributed by atoms with Crippen molar-refractivity contribution in [2.24, 2.45) is 17.8 Å². The van der Waals surface area contributed by atoms with Gasteiger partial charge in [0, 0.05) is 16.0 Å². The molecule has 23 heavy (non-hydrogen) atoms. The van der Waals surface area contributed by atoms with Crippen LogP contribution in [0.15, 0.2) is 29.3 Å². The van der Waals surface area contributed by atoms with Crippen molar-refractivity contribution in [2.75, 3.05) is 7.11 Å². The monoisotopic (exact) mass is 361 g/mol. The quantitative estimate of drug-likeness (QED) is 0.718. The lowest BCUT2D eigenvalue weighted by Gasteiger charge is -2.40. The van der Waals surface area contributed by atoms with Crippen LogP contribution in [0.2, 0.25) is 0 Å². The maximum atomic E-state index is 5.46. The van der Waals surface area contributed by atoms with Crippen molar-refractivity contribution in [3.63, 3.8) is 0 Å². The fourth-order valence-electron chi connectivity index (χ4n) is 5.03. The van der Waals surface area contributed by atoms with Gasteiger partial charge < -0.3 is 9.72 Å². The largest absolute Gasteiger partial charge is 0.497 e. The summed E-state index contributed by atoms with van der Waals surface area (Å²) in [6, 6.07) is 8.72. The number of H-pyrrole nitrogens is 1. The fourth-order valence-corrected chi connectivity index (χ4v) is 8.37. The molecular formula is C18H19NOS3. The molecule has 2 bridgehead atoms. The second-order valence-electron chi connectivity index (χ2n) is 6.95. The van der Waals surface area contributed by atoms with Crippen molar-refractivity contribution >= 4 is 35.3 Å². The Labute approximate surface area is 149 Å². The van der Waals surface area contributed by atoms with E-state index in [1.54, 1.807) is 18.4 Å². The first-order valence-corrected chi connectivity index (χ1v) is 10.4. The summed E-state index contributed by atoms with van der Waals surface area (Å²) < 4.78 is 6.27. The minimum absolute atomic E-state index is 0.510. The molecule has 2 fully saturated rings. The highest BCUT2D eigenvalue weighted by atomic mass is 32.2. The minimum Gasteiger partial charge on any atom is -0.497 e. The molecule has 120 valence electrons. The summed E-state index contributed by atoms with van der Waals surface area (Å²) in [5, 5.41) is 2.11. The zero-order valence-corrected chi connectivity index (χ0v) is 15.4. The summed E-state index contributed by atoms with van der Waals surface area (Å²) in [7, 11) is 1.73. The van der Waals surface area contributed by atoms with Crippen LogP contribution in [0.3, 0.4) is 0 Å². The van der Waals surface area contributed by atoms with Crippen LogP contribution in [-0.2, 0) is 0 Å². The second-order valence-corrected chi connectivity index (χ2v) is 9.86. The highest BCUT2D eigenvalue weighted by Crippen LogP contribution is 2.64. The molecule has 5 atom stereocenters. The third kappa shape index (κ3) is 2.16. The highest BCUT2D eigenvalue weighted by Gasteiger charge is 2.54. The zero-order valence-electron chi connectivity index (χ0n) is 13.0. The lowest BCUT2D eigenvalue weighted by molar-refractivity contribution is 0.307. The topological polar surface area (TPSA) is 25.0 Å². The minimum atomic E-state index is 0.510. The van der Waals surface area contributed by atoms with Gasteiger partial charge in [-0.3, -0.25) is 0 Å². The van der Waals surface area contributed by atoms with Gasteiger partial charge in [0.2, 0.25) is 0 Å². The lowest BCUT2D eigenvalue weighted by atomic mass is 9.75. The van der Waals surface area contributed by atoms with Gasteiger partial charge in [-0.05, 0) is 66.9 Å². The van der Waals surface area contributed by atoms with Crippen LogP contribution in [0.5, 0.6) is 5.75 Å². The van der Waals surface area contributed by atoms with Gasteiger partial charge >= 0.3 is 0 Å². The van der Waals surface area contributed by atoms with Crippen molar-refractivity contribution < 1.29 is 4.74 Å². The SMILES string of the molecule is COc1ccc([C@@H]2c3sc(=S)[nH]c3S[C@H]3[C@H]4CC[C@@H](C4)[C@H]23)cc1. The van der Waals surface area contributed by atoms with Crippen molar-refractivity contribution in [2.45, 2.75) is 35.5 Å². The fraction of sp³-hybridized carbons (Fsp3) is 0.500. The van der Waals surface area contributed by atoms with Crippen LogP contribution in [0.25, 0.3) is 0 Å². The Hall–Kier alpha value is -0.780. The first kappa shape index (κ1) is 14.6. The number of thioether (sulfide) groups is 1. The van der Waals surface area contributed by atoms with Gasteiger partial charge in [-0.2, -0.15) is 0 Å². The number of aromatic amines is 1. The molecule has 2 nitrogen and oxygen atoms in total. The second kappa shape index (κ2) is 5.36. The maximum Gasteiger partial charge on any atom is 0.159 e. The molecule has 0 radical (unpaired) electrons.